The smallest absolute Gasteiger partial charge is 0.257 e. The Bertz CT molecular complexity index is 836. The van der Waals surface area contributed by atoms with Gasteiger partial charge in [0, 0.05) is 17.1 Å². The summed E-state index contributed by atoms with van der Waals surface area (Å²) in [6, 6.07) is 17.4. The molecule has 1 aromatic heterocycles. The van der Waals surface area contributed by atoms with Gasteiger partial charge in [-0.15, -0.1) is 0 Å². The maximum atomic E-state index is 13.1. The van der Waals surface area contributed by atoms with Gasteiger partial charge in [-0.05, 0) is 53.9 Å². The van der Waals surface area contributed by atoms with Crippen molar-refractivity contribution in [2.24, 2.45) is 0 Å². The zero-order valence-corrected chi connectivity index (χ0v) is 13.6. The van der Waals surface area contributed by atoms with Crippen molar-refractivity contribution in [2.75, 3.05) is 5.32 Å². The molecular formula is C20H19FN2O. The minimum atomic E-state index is -0.281. The number of nitrogens with one attached hydrogen (secondary N) is 2. The van der Waals surface area contributed by atoms with Crippen LogP contribution in [0.2, 0.25) is 0 Å². The van der Waals surface area contributed by atoms with Crippen LogP contribution in [0.1, 0.15) is 35.8 Å². The molecule has 122 valence electrons. The summed E-state index contributed by atoms with van der Waals surface area (Å²) in [4.78, 5) is 15.9. The highest BCUT2D eigenvalue weighted by Gasteiger charge is 2.18. The van der Waals surface area contributed by atoms with Crippen LogP contribution >= 0.6 is 0 Å². The number of anilines is 1. The van der Waals surface area contributed by atoms with Crippen molar-refractivity contribution in [1.29, 1.82) is 0 Å². The van der Waals surface area contributed by atoms with Gasteiger partial charge in [-0.3, -0.25) is 4.79 Å². The monoisotopic (exact) mass is 322 g/mol. The van der Waals surface area contributed by atoms with Crippen LogP contribution in [0.25, 0.3) is 11.3 Å². The number of halogens is 1. The van der Waals surface area contributed by atoms with E-state index in [4.69, 9.17) is 0 Å². The Labute approximate surface area is 140 Å². The van der Waals surface area contributed by atoms with Gasteiger partial charge in [-0.1, -0.05) is 32.0 Å². The summed E-state index contributed by atoms with van der Waals surface area (Å²) in [5.74, 6) is -0.276. The number of aromatic amines is 1. The highest BCUT2D eigenvalue weighted by atomic mass is 19.1. The first-order valence-electron chi connectivity index (χ1n) is 7.90. The summed E-state index contributed by atoms with van der Waals surface area (Å²) < 4.78 is 13.1. The number of H-pyrrole nitrogens is 1. The maximum Gasteiger partial charge on any atom is 0.257 e. The van der Waals surface area contributed by atoms with Crippen molar-refractivity contribution in [2.45, 2.75) is 19.8 Å². The number of benzene rings is 2. The molecule has 0 aliphatic carbocycles. The third-order valence-electron chi connectivity index (χ3n) is 3.86. The lowest BCUT2D eigenvalue weighted by Crippen LogP contribution is -2.13. The molecule has 3 nitrogen and oxygen atoms in total. The van der Waals surface area contributed by atoms with Gasteiger partial charge in [0.25, 0.3) is 5.91 Å². The molecule has 0 fully saturated rings. The number of amides is 1. The molecule has 0 atom stereocenters. The first-order valence-corrected chi connectivity index (χ1v) is 7.90. The van der Waals surface area contributed by atoms with Crippen molar-refractivity contribution in [3.05, 3.63) is 77.7 Å². The number of hydrogen-bond donors (Lipinski definition) is 2. The molecule has 0 saturated heterocycles. The van der Waals surface area contributed by atoms with Gasteiger partial charge in [0.15, 0.2) is 0 Å². The Morgan fingerprint density at radius 2 is 1.71 bits per heavy atom. The second kappa shape index (κ2) is 6.71. The number of rotatable bonds is 4. The average Bonchev–Trinajstić information content (AvgIpc) is 3.02. The highest BCUT2D eigenvalue weighted by Crippen LogP contribution is 2.27. The Hall–Kier alpha value is -2.88. The fourth-order valence-electron chi connectivity index (χ4n) is 2.62. The topological polar surface area (TPSA) is 44.9 Å². The summed E-state index contributed by atoms with van der Waals surface area (Å²) in [5, 5.41) is 2.91. The number of aromatic nitrogens is 1. The Kier molecular flexibility index (Phi) is 4.47. The van der Waals surface area contributed by atoms with Crippen LogP contribution in [0.15, 0.2) is 60.7 Å². The molecule has 0 spiro atoms. The van der Waals surface area contributed by atoms with Gasteiger partial charge >= 0.3 is 0 Å². The largest absolute Gasteiger partial charge is 0.358 e. The van der Waals surface area contributed by atoms with Crippen molar-refractivity contribution in [3.63, 3.8) is 0 Å². The van der Waals surface area contributed by atoms with Crippen LogP contribution in [-0.2, 0) is 0 Å². The Balaban J connectivity index is 1.94. The second-order valence-corrected chi connectivity index (χ2v) is 5.99. The van der Waals surface area contributed by atoms with E-state index < -0.39 is 0 Å². The van der Waals surface area contributed by atoms with Crippen molar-refractivity contribution >= 4 is 11.6 Å². The lowest BCUT2D eigenvalue weighted by Gasteiger charge is -2.08. The predicted molar refractivity (Wildman–Crippen MR) is 94.7 cm³/mol. The van der Waals surface area contributed by atoms with E-state index in [1.54, 1.807) is 12.1 Å². The van der Waals surface area contributed by atoms with E-state index in [2.05, 4.69) is 10.3 Å². The molecule has 0 unspecified atom stereocenters. The van der Waals surface area contributed by atoms with Gasteiger partial charge in [-0.2, -0.15) is 0 Å². The molecule has 0 radical (unpaired) electrons. The SMILES string of the molecule is CC(C)c1[nH]c(-c2ccc(F)cc2)cc1C(=O)Nc1ccccc1. The molecule has 0 saturated carbocycles. The summed E-state index contributed by atoms with van der Waals surface area (Å²) in [6.45, 7) is 4.05. The van der Waals surface area contributed by atoms with Crippen LogP contribution < -0.4 is 5.32 Å². The predicted octanol–water partition coefficient (Wildman–Crippen LogP) is 5.20. The molecule has 2 N–H and O–H groups in total. The molecule has 3 rings (SSSR count). The first-order chi connectivity index (χ1) is 11.5. The minimum Gasteiger partial charge on any atom is -0.358 e. The van der Waals surface area contributed by atoms with Crippen LogP contribution in [0.5, 0.6) is 0 Å². The highest BCUT2D eigenvalue weighted by molar-refractivity contribution is 6.06. The third-order valence-corrected chi connectivity index (χ3v) is 3.86. The van der Waals surface area contributed by atoms with E-state index in [9.17, 15) is 9.18 Å². The van der Waals surface area contributed by atoms with Gasteiger partial charge in [0.05, 0.1) is 5.56 Å². The first kappa shape index (κ1) is 16.0. The van der Waals surface area contributed by atoms with Gasteiger partial charge < -0.3 is 10.3 Å². The summed E-state index contributed by atoms with van der Waals surface area (Å²) in [6.07, 6.45) is 0. The van der Waals surface area contributed by atoms with Gasteiger partial charge in [0.1, 0.15) is 5.82 Å². The molecule has 24 heavy (non-hydrogen) atoms. The van der Waals surface area contributed by atoms with E-state index in [0.29, 0.717) is 5.56 Å². The summed E-state index contributed by atoms with van der Waals surface area (Å²) in [5.41, 5.74) is 3.87. The molecule has 1 amide bonds. The van der Waals surface area contributed by atoms with Crippen LogP contribution in [-0.4, -0.2) is 10.9 Å². The lowest BCUT2D eigenvalue weighted by atomic mass is 10.1. The molecule has 3 aromatic rings. The molecule has 4 heteroatoms. The quantitative estimate of drug-likeness (QED) is 0.681. The molecule has 0 aliphatic rings. The Morgan fingerprint density at radius 1 is 1.04 bits per heavy atom. The minimum absolute atomic E-state index is 0.158. The van der Waals surface area contributed by atoms with E-state index in [1.807, 2.05) is 50.2 Å². The molecular weight excluding hydrogens is 303 g/mol. The zero-order valence-electron chi connectivity index (χ0n) is 13.6. The fraction of sp³-hybridized carbons (Fsp3) is 0.150. The van der Waals surface area contributed by atoms with E-state index in [1.165, 1.54) is 12.1 Å². The molecule has 1 heterocycles. The van der Waals surface area contributed by atoms with Crippen molar-refractivity contribution < 1.29 is 9.18 Å². The Morgan fingerprint density at radius 3 is 2.33 bits per heavy atom. The van der Waals surface area contributed by atoms with E-state index >= 15 is 0 Å². The normalized spacial score (nSPS) is 10.8. The summed E-state index contributed by atoms with van der Waals surface area (Å²) in [7, 11) is 0. The van der Waals surface area contributed by atoms with Gasteiger partial charge in [-0.25, -0.2) is 4.39 Å². The van der Waals surface area contributed by atoms with Crippen molar-refractivity contribution in [3.8, 4) is 11.3 Å². The number of carbonyl (C=O) groups is 1. The summed E-state index contributed by atoms with van der Waals surface area (Å²) >= 11 is 0. The molecule has 0 aliphatic heterocycles. The third kappa shape index (κ3) is 3.38. The second-order valence-electron chi connectivity index (χ2n) is 5.99. The number of carbonyl (C=O) groups excluding carboxylic acids is 1. The average molecular weight is 322 g/mol. The maximum absolute atomic E-state index is 13.1. The van der Waals surface area contributed by atoms with Crippen LogP contribution in [0, 0.1) is 5.82 Å². The van der Waals surface area contributed by atoms with Gasteiger partial charge in [0.2, 0.25) is 0 Å². The van der Waals surface area contributed by atoms with E-state index in [0.717, 1.165) is 22.6 Å². The van der Waals surface area contributed by atoms with Crippen LogP contribution in [0.4, 0.5) is 10.1 Å². The van der Waals surface area contributed by atoms with E-state index in [-0.39, 0.29) is 17.6 Å². The fourth-order valence-corrected chi connectivity index (χ4v) is 2.62. The zero-order chi connectivity index (χ0) is 17.1. The molecule has 2 aromatic carbocycles. The lowest BCUT2D eigenvalue weighted by molar-refractivity contribution is 0.102. The van der Waals surface area contributed by atoms with Crippen LogP contribution in [0.3, 0.4) is 0 Å². The van der Waals surface area contributed by atoms with Crippen molar-refractivity contribution in [1.82, 2.24) is 4.98 Å². The molecule has 0 bridgehead atoms. The standard InChI is InChI=1S/C20H19FN2O/c1-13(2)19-17(20(24)22-16-6-4-3-5-7-16)12-18(23-19)14-8-10-15(21)11-9-14/h3-13,23H,1-2H3,(H,22,24). The number of para-hydroxylation sites is 1. The number of hydrogen-bond acceptors (Lipinski definition) is 1.